The molecule has 5 aromatic rings. The molecular weight excluding hydrogens is 384 g/mol. The Morgan fingerprint density at radius 1 is 0.871 bits per heavy atom. The molecule has 1 atom stereocenters. The highest BCUT2D eigenvalue weighted by molar-refractivity contribution is 6.00. The minimum atomic E-state index is -0.594. The van der Waals surface area contributed by atoms with Crippen molar-refractivity contribution in [3.8, 4) is 17.0 Å². The van der Waals surface area contributed by atoms with Gasteiger partial charge < -0.3 is 15.5 Å². The van der Waals surface area contributed by atoms with Crippen LogP contribution in [0.2, 0.25) is 0 Å². The first-order chi connectivity index (χ1) is 15.2. The second kappa shape index (κ2) is 7.65. The Morgan fingerprint density at radius 3 is 2.32 bits per heavy atom. The van der Waals surface area contributed by atoms with Crippen molar-refractivity contribution in [2.24, 2.45) is 5.73 Å². The summed E-state index contributed by atoms with van der Waals surface area (Å²) in [6.45, 7) is 0. The summed E-state index contributed by atoms with van der Waals surface area (Å²) in [5.41, 5.74) is 10.6. The number of primary amides is 1. The number of benzene rings is 4. The van der Waals surface area contributed by atoms with E-state index in [0.29, 0.717) is 0 Å². The lowest BCUT2D eigenvalue weighted by atomic mass is 9.86. The van der Waals surface area contributed by atoms with Crippen LogP contribution in [0, 0.1) is 0 Å². The summed E-state index contributed by atoms with van der Waals surface area (Å²) in [4.78, 5) is 16.3. The first kappa shape index (κ1) is 18.9. The maximum atomic E-state index is 12.8. The Morgan fingerprint density at radius 2 is 1.58 bits per heavy atom. The van der Waals surface area contributed by atoms with E-state index < -0.39 is 11.8 Å². The van der Waals surface area contributed by atoms with E-state index in [1.807, 2.05) is 60.7 Å². The number of carbonyl (C=O) groups is 1. The van der Waals surface area contributed by atoms with Crippen molar-refractivity contribution in [2.45, 2.75) is 5.92 Å². The van der Waals surface area contributed by atoms with Crippen LogP contribution in [-0.2, 0) is 4.79 Å². The van der Waals surface area contributed by atoms with Gasteiger partial charge in [-0.2, -0.15) is 0 Å². The first-order valence-corrected chi connectivity index (χ1v) is 10.2. The molecule has 1 heterocycles. The van der Waals surface area contributed by atoms with E-state index in [0.717, 1.165) is 44.4 Å². The summed E-state index contributed by atoms with van der Waals surface area (Å²) in [5.74, 6) is -0.249. The molecule has 0 aliphatic heterocycles. The van der Waals surface area contributed by atoms with Gasteiger partial charge in [0.05, 0.1) is 18.7 Å². The van der Waals surface area contributed by atoms with Crippen LogP contribution in [0.15, 0.2) is 91.0 Å². The maximum absolute atomic E-state index is 12.8. The summed E-state index contributed by atoms with van der Waals surface area (Å²) in [6, 6.07) is 30.1. The van der Waals surface area contributed by atoms with Crippen LogP contribution < -0.4 is 10.5 Å². The van der Waals surface area contributed by atoms with Gasteiger partial charge in [0.1, 0.15) is 5.75 Å². The lowest BCUT2D eigenvalue weighted by Crippen LogP contribution is -2.22. The molecule has 1 unspecified atom stereocenters. The zero-order valence-corrected chi connectivity index (χ0v) is 17.1. The quantitative estimate of drug-likeness (QED) is 0.398. The Kier molecular flexibility index (Phi) is 4.68. The number of nitrogens with one attached hydrogen (secondary N) is 1. The normalized spacial score (nSPS) is 12.2. The second-order valence-corrected chi connectivity index (χ2v) is 7.63. The highest BCUT2D eigenvalue weighted by atomic mass is 16.5. The fourth-order valence-electron chi connectivity index (χ4n) is 4.31. The van der Waals surface area contributed by atoms with E-state index in [1.165, 1.54) is 5.39 Å². The molecule has 0 saturated heterocycles. The largest absolute Gasteiger partial charge is 0.497 e. The number of nitrogens with two attached hydrogens (primary N) is 1. The van der Waals surface area contributed by atoms with Crippen LogP contribution in [0.4, 0.5) is 0 Å². The summed E-state index contributed by atoms with van der Waals surface area (Å²) < 4.78 is 5.28. The lowest BCUT2D eigenvalue weighted by molar-refractivity contribution is -0.118. The summed E-state index contributed by atoms with van der Waals surface area (Å²) in [5, 5.41) is 3.31. The van der Waals surface area contributed by atoms with Gasteiger partial charge in [0, 0.05) is 16.5 Å². The van der Waals surface area contributed by atoms with Gasteiger partial charge in [-0.25, -0.2) is 0 Å². The smallest absolute Gasteiger partial charge is 0.229 e. The van der Waals surface area contributed by atoms with E-state index in [2.05, 4.69) is 35.3 Å². The van der Waals surface area contributed by atoms with Gasteiger partial charge in [-0.15, -0.1) is 0 Å². The molecule has 0 spiro atoms. The number of H-pyrrole nitrogens is 1. The molecule has 152 valence electrons. The Balaban J connectivity index is 1.76. The van der Waals surface area contributed by atoms with Crippen LogP contribution in [0.3, 0.4) is 0 Å². The van der Waals surface area contributed by atoms with E-state index in [4.69, 9.17) is 10.5 Å². The number of aromatic amines is 1. The molecule has 4 heteroatoms. The third-order valence-corrected chi connectivity index (χ3v) is 5.81. The second-order valence-electron chi connectivity index (χ2n) is 7.63. The van der Waals surface area contributed by atoms with Crippen molar-refractivity contribution in [2.75, 3.05) is 7.11 Å². The van der Waals surface area contributed by atoms with Gasteiger partial charge >= 0.3 is 0 Å². The van der Waals surface area contributed by atoms with Gasteiger partial charge in [0.2, 0.25) is 5.91 Å². The van der Waals surface area contributed by atoms with Crippen molar-refractivity contribution in [3.05, 3.63) is 102 Å². The van der Waals surface area contributed by atoms with Crippen molar-refractivity contribution < 1.29 is 9.53 Å². The molecule has 0 aliphatic rings. The predicted octanol–water partition coefficient (Wildman–Crippen LogP) is 5.61. The first-order valence-electron chi connectivity index (χ1n) is 10.2. The van der Waals surface area contributed by atoms with E-state index in [-0.39, 0.29) is 0 Å². The topological polar surface area (TPSA) is 68.1 Å². The minimum absolute atomic E-state index is 0.392. The SMILES string of the molecule is COc1ccc(C(C(N)=O)c2c(-c3ccc4ccccc4c3)[nH]c3ccccc23)cc1. The van der Waals surface area contributed by atoms with Gasteiger partial charge in [0.25, 0.3) is 0 Å². The number of aromatic nitrogens is 1. The van der Waals surface area contributed by atoms with Crippen molar-refractivity contribution in [1.29, 1.82) is 0 Å². The van der Waals surface area contributed by atoms with E-state index >= 15 is 0 Å². The van der Waals surface area contributed by atoms with Crippen LogP contribution in [0.5, 0.6) is 5.75 Å². The number of ether oxygens (including phenoxy) is 1. The summed E-state index contributed by atoms with van der Waals surface area (Å²) >= 11 is 0. The van der Waals surface area contributed by atoms with Gasteiger partial charge in [0.15, 0.2) is 0 Å². The Bertz CT molecular complexity index is 1400. The average molecular weight is 406 g/mol. The number of fused-ring (bicyclic) bond motifs is 2. The molecule has 4 aromatic carbocycles. The van der Waals surface area contributed by atoms with Gasteiger partial charge in [-0.1, -0.05) is 66.7 Å². The van der Waals surface area contributed by atoms with Crippen LogP contribution >= 0.6 is 0 Å². The number of rotatable bonds is 5. The van der Waals surface area contributed by atoms with E-state index in [1.54, 1.807) is 7.11 Å². The Hall–Kier alpha value is -4.05. The molecule has 0 fully saturated rings. The molecule has 0 bridgehead atoms. The van der Waals surface area contributed by atoms with Gasteiger partial charge in [-0.3, -0.25) is 4.79 Å². The van der Waals surface area contributed by atoms with Crippen molar-refractivity contribution in [1.82, 2.24) is 4.98 Å². The molecule has 0 radical (unpaired) electrons. The minimum Gasteiger partial charge on any atom is -0.497 e. The fourth-order valence-corrected chi connectivity index (χ4v) is 4.31. The molecule has 3 N–H and O–H groups in total. The Labute approximate surface area is 180 Å². The fraction of sp³-hybridized carbons (Fsp3) is 0.0741. The number of carbonyl (C=O) groups excluding carboxylic acids is 1. The van der Waals surface area contributed by atoms with E-state index in [9.17, 15) is 4.79 Å². The number of hydrogen-bond donors (Lipinski definition) is 2. The zero-order chi connectivity index (χ0) is 21.4. The third kappa shape index (κ3) is 3.32. The van der Waals surface area contributed by atoms with Gasteiger partial charge in [-0.05, 0) is 46.2 Å². The monoisotopic (exact) mass is 406 g/mol. The van der Waals surface area contributed by atoms with Crippen molar-refractivity contribution >= 4 is 27.6 Å². The molecule has 0 aliphatic carbocycles. The molecule has 1 aromatic heterocycles. The maximum Gasteiger partial charge on any atom is 0.229 e. The van der Waals surface area contributed by atoms with Crippen LogP contribution in [0.1, 0.15) is 17.0 Å². The van der Waals surface area contributed by atoms with Crippen LogP contribution in [0.25, 0.3) is 32.9 Å². The average Bonchev–Trinajstić information content (AvgIpc) is 3.18. The molecular formula is C27H22N2O2. The predicted molar refractivity (Wildman–Crippen MR) is 125 cm³/mol. The van der Waals surface area contributed by atoms with Crippen molar-refractivity contribution in [3.63, 3.8) is 0 Å². The molecule has 4 nitrogen and oxygen atoms in total. The lowest BCUT2D eigenvalue weighted by Gasteiger charge is -2.17. The number of amides is 1. The zero-order valence-electron chi connectivity index (χ0n) is 17.1. The number of hydrogen-bond acceptors (Lipinski definition) is 2. The molecule has 5 rings (SSSR count). The number of para-hydroxylation sites is 1. The standard InChI is InChI=1S/C27H22N2O2/c1-31-21-14-12-18(13-15-21)24(27(28)30)25-22-8-4-5-9-23(22)29-26(25)20-11-10-17-6-2-3-7-19(17)16-20/h2-16,24,29H,1H3,(H2,28,30). The van der Waals surface area contributed by atoms with Crippen LogP contribution in [-0.4, -0.2) is 18.0 Å². The molecule has 0 saturated carbocycles. The molecule has 31 heavy (non-hydrogen) atoms. The highest BCUT2D eigenvalue weighted by Gasteiger charge is 2.27. The number of methoxy groups -OCH3 is 1. The molecule has 1 amide bonds. The third-order valence-electron chi connectivity index (χ3n) is 5.81. The summed E-state index contributed by atoms with van der Waals surface area (Å²) in [6.07, 6.45) is 0. The highest BCUT2D eigenvalue weighted by Crippen LogP contribution is 2.39. The summed E-state index contributed by atoms with van der Waals surface area (Å²) in [7, 11) is 1.62.